The highest BCUT2D eigenvalue weighted by Gasteiger charge is 2.21. The van der Waals surface area contributed by atoms with Crippen molar-refractivity contribution in [2.24, 2.45) is 0 Å². The Bertz CT molecular complexity index is 286. The molecule has 0 saturated heterocycles. The monoisotopic (exact) mass is 210 g/mol. The van der Waals surface area contributed by atoms with E-state index < -0.39 is 0 Å². The maximum absolute atomic E-state index is 5.13. The first kappa shape index (κ1) is 10.6. The van der Waals surface area contributed by atoms with Crippen molar-refractivity contribution >= 4 is 0 Å². The van der Waals surface area contributed by atoms with Gasteiger partial charge in [0.25, 0.3) is 0 Å². The molecule has 1 aliphatic carbocycles. The predicted molar refractivity (Wildman–Crippen MR) is 56.4 cm³/mol. The SMILES string of the molecule is CN(C)CCc1noc(CNC2CC2)n1. The average Bonchev–Trinajstić information content (AvgIpc) is 2.92. The number of likely N-dealkylation sites (N-methyl/N-ethyl adjacent to an activating group) is 1. The zero-order valence-electron chi connectivity index (χ0n) is 9.36. The van der Waals surface area contributed by atoms with Crippen molar-refractivity contribution in [2.75, 3.05) is 20.6 Å². The van der Waals surface area contributed by atoms with Crippen LogP contribution in [0.1, 0.15) is 24.6 Å². The van der Waals surface area contributed by atoms with Crippen LogP contribution in [-0.4, -0.2) is 41.7 Å². The third-order valence-corrected chi connectivity index (χ3v) is 2.41. The third-order valence-electron chi connectivity index (χ3n) is 2.41. The Labute approximate surface area is 89.8 Å². The lowest BCUT2D eigenvalue weighted by molar-refractivity contribution is 0.357. The van der Waals surface area contributed by atoms with Gasteiger partial charge in [0.1, 0.15) is 0 Å². The Balaban J connectivity index is 1.75. The molecule has 1 fully saturated rings. The maximum atomic E-state index is 5.13. The maximum Gasteiger partial charge on any atom is 0.240 e. The zero-order chi connectivity index (χ0) is 10.7. The minimum absolute atomic E-state index is 0.683. The molecule has 0 spiro atoms. The summed E-state index contributed by atoms with van der Waals surface area (Å²) < 4.78 is 5.13. The molecule has 15 heavy (non-hydrogen) atoms. The summed E-state index contributed by atoms with van der Waals surface area (Å²) >= 11 is 0. The van der Waals surface area contributed by atoms with Gasteiger partial charge in [-0.15, -0.1) is 0 Å². The molecule has 84 valence electrons. The van der Waals surface area contributed by atoms with E-state index in [0.717, 1.165) is 18.8 Å². The quantitative estimate of drug-likeness (QED) is 0.737. The predicted octanol–water partition coefficient (Wildman–Crippen LogP) is 0.426. The van der Waals surface area contributed by atoms with Gasteiger partial charge in [0.2, 0.25) is 5.89 Å². The van der Waals surface area contributed by atoms with Crippen LogP contribution in [0.5, 0.6) is 0 Å². The van der Waals surface area contributed by atoms with Gasteiger partial charge in [-0.1, -0.05) is 5.16 Å². The Hall–Kier alpha value is -0.940. The zero-order valence-corrected chi connectivity index (χ0v) is 9.36. The molecule has 1 heterocycles. The molecule has 0 atom stereocenters. The van der Waals surface area contributed by atoms with Crippen LogP contribution >= 0.6 is 0 Å². The van der Waals surface area contributed by atoms with Gasteiger partial charge in [-0.25, -0.2) is 0 Å². The van der Waals surface area contributed by atoms with Crippen molar-refractivity contribution in [2.45, 2.75) is 31.8 Å². The van der Waals surface area contributed by atoms with Gasteiger partial charge in [0, 0.05) is 19.0 Å². The summed E-state index contributed by atoms with van der Waals surface area (Å²) in [6.07, 6.45) is 3.41. The molecule has 0 bridgehead atoms. The Kier molecular flexibility index (Phi) is 3.33. The molecule has 1 N–H and O–H groups in total. The molecule has 1 aromatic heterocycles. The van der Waals surface area contributed by atoms with Crippen LogP contribution in [0, 0.1) is 0 Å². The van der Waals surface area contributed by atoms with Gasteiger partial charge in [-0.3, -0.25) is 0 Å². The summed E-state index contributed by atoms with van der Waals surface area (Å²) in [5, 5.41) is 7.28. The number of hydrogen-bond acceptors (Lipinski definition) is 5. The highest BCUT2D eigenvalue weighted by atomic mass is 16.5. The second kappa shape index (κ2) is 4.72. The van der Waals surface area contributed by atoms with Crippen molar-refractivity contribution in [3.63, 3.8) is 0 Å². The van der Waals surface area contributed by atoms with E-state index in [-0.39, 0.29) is 0 Å². The van der Waals surface area contributed by atoms with Crippen LogP contribution in [0.15, 0.2) is 4.52 Å². The summed E-state index contributed by atoms with van der Waals surface area (Å²) in [4.78, 5) is 6.42. The van der Waals surface area contributed by atoms with Gasteiger partial charge in [0.15, 0.2) is 5.82 Å². The molecule has 0 unspecified atom stereocenters. The normalized spacial score (nSPS) is 16.2. The molecule has 5 heteroatoms. The summed E-state index contributed by atoms with van der Waals surface area (Å²) in [6.45, 7) is 1.66. The van der Waals surface area contributed by atoms with Crippen LogP contribution in [-0.2, 0) is 13.0 Å². The topological polar surface area (TPSA) is 54.2 Å². The lowest BCUT2D eigenvalue weighted by Gasteiger charge is -2.05. The van der Waals surface area contributed by atoms with Gasteiger partial charge in [0.05, 0.1) is 6.54 Å². The van der Waals surface area contributed by atoms with E-state index in [9.17, 15) is 0 Å². The highest BCUT2D eigenvalue weighted by molar-refractivity contribution is 4.89. The summed E-state index contributed by atoms with van der Waals surface area (Å²) in [5.74, 6) is 1.51. The fraction of sp³-hybridized carbons (Fsp3) is 0.800. The van der Waals surface area contributed by atoms with Crippen molar-refractivity contribution < 1.29 is 4.52 Å². The Morgan fingerprint density at radius 3 is 2.93 bits per heavy atom. The second-order valence-corrected chi connectivity index (χ2v) is 4.31. The lowest BCUT2D eigenvalue weighted by Crippen LogP contribution is -2.16. The largest absolute Gasteiger partial charge is 0.338 e. The van der Waals surface area contributed by atoms with Gasteiger partial charge >= 0.3 is 0 Å². The van der Waals surface area contributed by atoms with Crippen molar-refractivity contribution in [3.8, 4) is 0 Å². The number of aromatic nitrogens is 2. The first-order chi connectivity index (χ1) is 7.24. The van der Waals surface area contributed by atoms with Crippen molar-refractivity contribution in [1.29, 1.82) is 0 Å². The van der Waals surface area contributed by atoms with E-state index in [1.807, 2.05) is 14.1 Å². The van der Waals surface area contributed by atoms with Crippen LogP contribution < -0.4 is 5.32 Å². The fourth-order valence-corrected chi connectivity index (χ4v) is 1.31. The van der Waals surface area contributed by atoms with Gasteiger partial charge in [-0.2, -0.15) is 4.98 Å². The van der Waals surface area contributed by atoms with Crippen LogP contribution in [0.25, 0.3) is 0 Å². The van der Waals surface area contributed by atoms with E-state index in [1.54, 1.807) is 0 Å². The number of nitrogens with one attached hydrogen (secondary N) is 1. The molecular weight excluding hydrogens is 192 g/mol. The lowest BCUT2D eigenvalue weighted by atomic mass is 10.4. The minimum Gasteiger partial charge on any atom is -0.338 e. The van der Waals surface area contributed by atoms with E-state index in [1.165, 1.54) is 12.8 Å². The molecule has 1 saturated carbocycles. The standard InChI is InChI=1S/C10H18N4O/c1-14(2)6-5-9-12-10(15-13-9)7-11-8-3-4-8/h8,11H,3-7H2,1-2H3. The van der Waals surface area contributed by atoms with Crippen LogP contribution in [0.3, 0.4) is 0 Å². The summed E-state index contributed by atoms with van der Waals surface area (Å²) in [6, 6.07) is 0.683. The van der Waals surface area contributed by atoms with Gasteiger partial charge in [-0.05, 0) is 26.9 Å². The van der Waals surface area contributed by atoms with E-state index in [2.05, 4.69) is 20.4 Å². The third kappa shape index (κ3) is 3.60. The summed E-state index contributed by atoms with van der Waals surface area (Å²) in [5.41, 5.74) is 0. The smallest absolute Gasteiger partial charge is 0.240 e. The fourth-order valence-electron chi connectivity index (χ4n) is 1.31. The Morgan fingerprint density at radius 2 is 2.27 bits per heavy atom. The summed E-state index contributed by atoms with van der Waals surface area (Å²) in [7, 11) is 4.07. The first-order valence-electron chi connectivity index (χ1n) is 5.43. The van der Waals surface area contributed by atoms with E-state index >= 15 is 0 Å². The molecule has 1 aromatic rings. The van der Waals surface area contributed by atoms with E-state index in [0.29, 0.717) is 18.5 Å². The average molecular weight is 210 g/mol. The number of nitrogens with zero attached hydrogens (tertiary/aromatic N) is 3. The molecular formula is C10H18N4O. The first-order valence-corrected chi connectivity index (χ1v) is 5.43. The molecule has 5 nitrogen and oxygen atoms in total. The Morgan fingerprint density at radius 1 is 1.47 bits per heavy atom. The molecule has 0 aromatic carbocycles. The molecule has 0 amide bonds. The molecule has 0 aliphatic heterocycles. The van der Waals surface area contributed by atoms with Gasteiger partial charge < -0.3 is 14.7 Å². The number of hydrogen-bond donors (Lipinski definition) is 1. The molecule has 0 radical (unpaired) electrons. The highest BCUT2D eigenvalue weighted by Crippen LogP contribution is 2.18. The van der Waals surface area contributed by atoms with Crippen LogP contribution in [0.4, 0.5) is 0 Å². The van der Waals surface area contributed by atoms with E-state index in [4.69, 9.17) is 4.52 Å². The molecule has 1 aliphatic rings. The second-order valence-electron chi connectivity index (χ2n) is 4.31. The van der Waals surface area contributed by atoms with Crippen LogP contribution in [0.2, 0.25) is 0 Å². The molecule has 2 rings (SSSR count). The van der Waals surface area contributed by atoms with Crippen molar-refractivity contribution in [3.05, 3.63) is 11.7 Å². The van der Waals surface area contributed by atoms with Crippen molar-refractivity contribution in [1.82, 2.24) is 20.4 Å². The number of rotatable bonds is 6. The minimum atomic E-state index is 0.683.